The third kappa shape index (κ3) is 5.43. The van der Waals surface area contributed by atoms with Gasteiger partial charge in [-0.25, -0.2) is 13.1 Å². The predicted molar refractivity (Wildman–Crippen MR) is 99.7 cm³/mol. The number of carbonyl (C=O) groups is 2. The second-order valence-corrected chi connectivity index (χ2v) is 8.63. The normalized spacial score (nSPS) is 14.9. The average molecular weight is 402 g/mol. The minimum atomic E-state index is -3.71. The van der Waals surface area contributed by atoms with E-state index in [-0.39, 0.29) is 27.4 Å². The Morgan fingerprint density at radius 3 is 2.69 bits per heavy atom. The molecule has 2 N–H and O–H groups in total. The third-order valence-corrected chi connectivity index (χ3v) is 5.93. The molecule has 144 valence electrons. The van der Waals surface area contributed by atoms with Gasteiger partial charge in [0.25, 0.3) is 5.91 Å². The van der Waals surface area contributed by atoms with Gasteiger partial charge in [0.2, 0.25) is 15.9 Å². The smallest absolute Gasteiger partial charge is 0.252 e. The summed E-state index contributed by atoms with van der Waals surface area (Å²) in [6.07, 6.45) is 2.10. The summed E-state index contributed by atoms with van der Waals surface area (Å²) in [6.45, 7) is 5.17. The predicted octanol–water partition coefficient (Wildman–Crippen LogP) is 1.77. The maximum absolute atomic E-state index is 12.3. The zero-order valence-electron chi connectivity index (χ0n) is 14.9. The van der Waals surface area contributed by atoms with Crippen molar-refractivity contribution < 1.29 is 18.0 Å². The zero-order chi connectivity index (χ0) is 19.3. The lowest BCUT2D eigenvalue weighted by molar-refractivity contribution is -0.127. The van der Waals surface area contributed by atoms with Gasteiger partial charge >= 0.3 is 0 Å². The van der Waals surface area contributed by atoms with Crippen molar-refractivity contribution in [3.05, 3.63) is 28.8 Å². The Labute approximate surface area is 159 Å². The fourth-order valence-corrected chi connectivity index (χ4v) is 4.21. The Morgan fingerprint density at radius 1 is 1.35 bits per heavy atom. The SMILES string of the molecule is CC(C)NS(=O)(=O)c1ccc(Cl)c(C(=O)NCCCN2CCCC2=O)c1. The maximum Gasteiger partial charge on any atom is 0.252 e. The minimum absolute atomic E-state index is 0.0107. The number of benzene rings is 1. The fraction of sp³-hybridized carbons (Fsp3) is 0.529. The van der Waals surface area contributed by atoms with Crippen LogP contribution in [-0.4, -0.2) is 50.8 Å². The molecule has 0 aromatic heterocycles. The van der Waals surface area contributed by atoms with Crippen LogP contribution in [0.5, 0.6) is 0 Å². The Morgan fingerprint density at radius 2 is 2.08 bits per heavy atom. The highest BCUT2D eigenvalue weighted by Gasteiger charge is 2.21. The van der Waals surface area contributed by atoms with Crippen molar-refractivity contribution in [2.45, 2.75) is 44.0 Å². The lowest BCUT2D eigenvalue weighted by Crippen LogP contribution is -2.32. The zero-order valence-corrected chi connectivity index (χ0v) is 16.5. The van der Waals surface area contributed by atoms with E-state index in [2.05, 4.69) is 10.0 Å². The summed E-state index contributed by atoms with van der Waals surface area (Å²) in [6, 6.07) is 3.77. The molecular formula is C17H24ClN3O4S. The number of nitrogens with one attached hydrogen (secondary N) is 2. The van der Waals surface area contributed by atoms with Crippen molar-refractivity contribution in [1.82, 2.24) is 14.9 Å². The molecule has 7 nitrogen and oxygen atoms in total. The van der Waals surface area contributed by atoms with E-state index in [0.717, 1.165) is 13.0 Å². The molecule has 0 saturated carbocycles. The molecule has 1 aliphatic heterocycles. The first kappa shape index (κ1) is 20.7. The van der Waals surface area contributed by atoms with Gasteiger partial charge in [0, 0.05) is 32.1 Å². The van der Waals surface area contributed by atoms with Crippen molar-refractivity contribution in [2.75, 3.05) is 19.6 Å². The second-order valence-electron chi connectivity index (χ2n) is 6.51. The molecular weight excluding hydrogens is 378 g/mol. The topological polar surface area (TPSA) is 95.6 Å². The lowest BCUT2D eigenvalue weighted by atomic mass is 10.2. The van der Waals surface area contributed by atoms with Crippen LogP contribution >= 0.6 is 11.6 Å². The highest BCUT2D eigenvalue weighted by molar-refractivity contribution is 7.89. The van der Waals surface area contributed by atoms with Gasteiger partial charge in [0.15, 0.2) is 0 Å². The molecule has 0 atom stereocenters. The fourth-order valence-electron chi connectivity index (χ4n) is 2.73. The molecule has 26 heavy (non-hydrogen) atoms. The molecule has 1 aromatic carbocycles. The van der Waals surface area contributed by atoms with Gasteiger partial charge < -0.3 is 10.2 Å². The molecule has 0 aliphatic carbocycles. The van der Waals surface area contributed by atoms with Gasteiger partial charge in [0.05, 0.1) is 15.5 Å². The Balaban J connectivity index is 1.97. The molecule has 1 aromatic rings. The largest absolute Gasteiger partial charge is 0.352 e. The van der Waals surface area contributed by atoms with E-state index in [1.807, 2.05) is 0 Å². The number of hydrogen-bond acceptors (Lipinski definition) is 4. The number of amides is 2. The minimum Gasteiger partial charge on any atom is -0.352 e. The summed E-state index contributed by atoms with van der Waals surface area (Å²) in [5.41, 5.74) is 0.107. The molecule has 2 amide bonds. The van der Waals surface area contributed by atoms with E-state index in [9.17, 15) is 18.0 Å². The Hall–Kier alpha value is -1.64. The molecule has 0 bridgehead atoms. The number of rotatable bonds is 8. The van der Waals surface area contributed by atoms with Crippen molar-refractivity contribution in [2.24, 2.45) is 0 Å². The Kier molecular flexibility index (Phi) is 7.02. The number of nitrogens with zero attached hydrogens (tertiary/aromatic N) is 1. The van der Waals surface area contributed by atoms with Crippen LogP contribution in [0.2, 0.25) is 5.02 Å². The van der Waals surface area contributed by atoms with Crippen molar-refractivity contribution in [1.29, 1.82) is 0 Å². The van der Waals surface area contributed by atoms with E-state index in [0.29, 0.717) is 25.9 Å². The van der Waals surface area contributed by atoms with Gasteiger partial charge in [-0.15, -0.1) is 0 Å². The number of sulfonamides is 1. The second kappa shape index (κ2) is 8.83. The molecule has 0 unspecified atom stereocenters. The van der Waals surface area contributed by atoms with Gasteiger partial charge in [-0.3, -0.25) is 9.59 Å². The molecule has 1 fully saturated rings. The van der Waals surface area contributed by atoms with E-state index >= 15 is 0 Å². The highest BCUT2D eigenvalue weighted by Crippen LogP contribution is 2.21. The van der Waals surface area contributed by atoms with Gasteiger partial charge in [-0.05, 0) is 44.9 Å². The number of carbonyl (C=O) groups excluding carboxylic acids is 2. The molecule has 1 saturated heterocycles. The van der Waals surface area contributed by atoms with Crippen LogP contribution in [0, 0.1) is 0 Å². The first-order valence-corrected chi connectivity index (χ1v) is 10.4. The molecule has 9 heteroatoms. The van der Waals surface area contributed by atoms with E-state index in [1.54, 1.807) is 18.7 Å². The maximum atomic E-state index is 12.3. The quantitative estimate of drug-likeness (QED) is 0.649. The number of likely N-dealkylation sites (tertiary alicyclic amines) is 1. The third-order valence-electron chi connectivity index (χ3n) is 3.95. The first-order valence-electron chi connectivity index (χ1n) is 8.58. The lowest BCUT2D eigenvalue weighted by Gasteiger charge is -2.15. The number of halogens is 1. The van der Waals surface area contributed by atoms with Crippen LogP contribution < -0.4 is 10.0 Å². The molecule has 1 aliphatic rings. The van der Waals surface area contributed by atoms with Crippen LogP contribution in [0.1, 0.15) is 43.5 Å². The van der Waals surface area contributed by atoms with E-state index in [1.165, 1.54) is 18.2 Å². The van der Waals surface area contributed by atoms with E-state index in [4.69, 9.17) is 11.6 Å². The standard InChI is InChI=1S/C17H24ClN3O4S/c1-12(2)20-26(24,25)13-6-7-15(18)14(11-13)17(23)19-8-4-10-21-9-3-5-16(21)22/h6-7,11-12,20H,3-5,8-10H2,1-2H3,(H,19,23). The van der Waals surface area contributed by atoms with Crippen molar-refractivity contribution in [3.63, 3.8) is 0 Å². The summed E-state index contributed by atoms with van der Waals surface area (Å²) in [5.74, 6) is -0.292. The molecule has 0 radical (unpaired) electrons. The van der Waals surface area contributed by atoms with Gasteiger partial charge in [0.1, 0.15) is 0 Å². The summed E-state index contributed by atoms with van der Waals surface area (Å²) in [4.78, 5) is 25.6. The van der Waals surface area contributed by atoms with Crippen LogP contribution in [0.15, 0.2) is 23.1 Å². The number of hydrogen-bond donors (Lipinski definition) is 2. The molecule has 2 rings (SSSR count). The van der Waals surface area contributed by atoms with E-state index < -0.39 is 15.9 Å². The summed E-state index contributed by atoms with van der Waals surface area (Å²) < 4.78 is 27.0. The van der Waals surface area contributed by atoms with Crippen molar-refractivity contribution >= 4 is 33.4 Å². The summed E-state index contributed by atoms with van der Waals surface area (Å²) in [7, 11) is -3.71. The van der Waals surface area contributed by atoms with Crippen LogP contribution in [-0.2, 0) is 14.8 Å². The van der Waals surface area contributed by atoms with Crippen LogP contribution in [0.3, 0.4) is 0 Å². The summed E-state index contributed by atoms with van der Waals surface area (Å²) in [5, 5.41) is 2.90. The van der Waals surface area contributed by atoms with Crippen molar-refractivity contribution in [3.8, 4) is 0 Å². The van der Waals surface area contributed by atoms with Gasteiger partial charge in [-0.2, -0.15) is 0 Å². The molecule has 0 spiro atoms. The Bertz CT molecular complexity index is 780. The van der Waals surface area contributed by atoms with Crippen LogP contribution in [0.25, 0.3) is 0 Å². The first-order chi connectivity index (χ1) is 12.2. The summed E-state index contributed by atoms with van der Waals surface area (Å²) >= 11 is 6.05. The highest BCUT2D eigenvalue weighted by atomic mass is 35.5. The van der Waals surface area contributed by atoms with Gasteiger partial charge in [-0.1, -0.05) is 11.6 Å². The average Bonchev–Trinajstić information content (AvgIpc) is 2.95. The monoisotopic (exact) mass is 401 g/mol. The van der Waals surface area contributed by atoms with Crippen LogP contribution in [0.4, 0.5) is 0 Å². The molecule has 1 heterocycles.